The highest BCUT2D eigenvalue weighted by Gasteiger charge is 2.36. The van der Waals surface area contributed by atoms with Gasteiger partial charge in [0.25, 0.3) is 0 Å². The third kappa shape index (κ3) is 1.85. The van der Waals surface area contributed by atoms with Gasteiger partial charge >= 0.3 is 0 Å². The lowest BCUT2D eigenvalue weighted by atomic mass is 10.1. The molecule has 1 heteroatoms. The van der Waals surface area contributed by atoms with Crippen molar-refractivity contribution in [3.63, 3.8) is 0 Å². The molecule has 1 unspecified atom stereocenters. The van der Waals surface area contributed by atoms with E-state index in [-0.39, 0.29) is 0 Å². The first-order valence-electron chi connectivity index (χ1n) is 6.82. The van der Waals surface area contributed by atoms with Crippen LogP contribution in [-0.4, -0.2) is 13.1 Å². The van der Waals surface area contributed by atoms with Crippen LogP contribution in [0.25, 0.3) is 0 Å². The zero-order valence-corrected chi connectivity index (χ0v) is 11.0. The van der Waals surface area contributed by atoms with Gasteiger partial charge in [-0.2, -0.15) is 0 Å². The number of fused-ring (bicyclic) bond motifs is 1. The van der Waals surface area contributed by atoms with Crippen LogP contribution in [0.15, 0.2) is 54.6 Å². The third-order valence-electron chi connectivity index (χ3n) is 4.25. The van der Waals surface area contributed by atoms with Crippen LogP contribution in [0, 0.1) is 0 Å². The number of para-hydroxylation sites is 1. The highest BCUT2D eigenvalue weighted by Crippen LogP contribution is 2.36. The molecule has 1 nitrogen and oxygen atoms in total. The van der Waals surface area contributed by atoms with E-state index in [2.05, 4.69) is 61.5 Å². The van der Waals surface area contributed by atoms with Crippen molar-refractivity contribution in [2.75, 3.05) is 13.1 Å². The van der Waals surface area contributed by atoms with Crippen molar-refractivity contribution in [2.45, 2.75) is 19.9 Å². The molecule has 0 bridgehead atoms. The quantitative estimate of drug-likeness (QED) is 0.714. The van der Waals surface area contributed by atoms with E-state index in [9.17, 15) is 0 Å². The average Bonchev–Trinajstić information content (AvgIpc) is 2.80. The van der Waals surface area contributed by atoms with Crippen LogP contribution in [0.5, 0.6) is 0 Å². The molecule has 3 rings (SSSR count). The topological polar surface area (TPSA) is 0 Å². The molecule has 1 aliphatic heterocycles. The van der Waals surface area contributed by atoms with Crippen LogP contribution in [0.2, 0.25) is 0 Å². The Morgan fingerprint density at radius 3 is 2.44 bits per heavy atom. The Balaban J connectivity index is 1.98. The van der Waals surface area contributed by atoms with E-state index in [1.165, 1.54) is 36.3 Å². The molecule has 1 aliphatic rings. The summed E-state index contributed by atoms with van der Waals surface area (Å²) in [6, 6.07) is 19.8. The Hall–Kier alpha value is -1.60. The largest absolute Gasteiger partial charge is 0.287 e. The first kappa shape index (κ1) is 11.5. The molecule has 2 aromatic rings. The van der Waals surface area contributed by atoms with Gasteiger partial charge in [-0.1, -0.05) is 48.5 Å². The normalized spacial score (nSPS) is 21.8. The number of hydrogen-bond acceptors (Lipinski definition) is 0. The predicted octanol–water partition coefficient (Wildman–Crippen LogP) is 3.77. The Bertz CT molecular complexity index is 532. The van der Waals surface area contributed by atoms with Crippen LogP contribution in [0.4, 0.5) is 5.69 Å². The Kier molecular flexibility index (Phi) is 2.92. The van der Waals surface area contributed by atoms with Gasteiger partial charge in [-0.15, -0.1) is 0 Å². The predicted molar refractivity (Wildman–Crippen MR) is 77.5 cm³/mol. The summed E-state index contributed by atoms with van der Waals surface area (Å²) in [4.78, 5) is 0. The van der Waals surface area contributed by atoms with E-state index < -0.39 is 0 Å². The molecule has 92 valence electrons. The van der Waals surface area contributed by atoms with Gasteiger partial charge in [0.05, 0.1) is 13.1 Å². The lowest BCUT2D eigenvalue weighted by Crippen LogP contribution is -2.46. The molecule has 0 spiro atoms. The summed E-state index contributed by atoms with van der Waals surface area (Å²) in [6.07, 6.45) is 1.22. The Morgan fingerprint density at radius 1 is 0.944 bits per heavy atom. The summed E-state index contributed by atoms with van der Waals surface area (Å²) in [7, 11) is 0. The molecule has 0 saturated heterocycles. The molecule has 0 amide bonds. The van der Waals surface area contributed by atoms with Crippen molar-refractivity contribution in [1.82, 2.24) is 4.48 Å². The van der Waals surface area contributed by atoms with Crippen LogP contribution < -0.4 is 4.48 Å². The summed E-state index contributed by atoms with van der Waals surface area (Å²) in [5, 5.41) is 0. The second-order valence-corrected chi connectivity index (χ2v) is 5.21. The van der Waals surface area contributed by atoms with Crippen LogP contribution in [0.1, 0.15) is 18.1 Å². The molecule has 1 heterocycles. The maximum absolute atomic E-state index is 2.31. The van der Waals surface area contributed by atoms with Gasteiger partial charge in [0, 0.05) is 17.5 Å². The van der Waals surface area contributed by atoms with E-state index in [1.807, 2.05) is 0 Å². The Morgan fingerprint density at radius 2 is 1.67 bits per heavy atom. The van der Waals surface area contributed by atoms with Gasteiger partial charge < -0.3 is 0 Å². The minimum Gasteiger partial charge on any atom is -0.287 e. The van der Waals surface area contributed by atoms with Gasteiger partial charge in [-0.3, -0.25) is 4.48 Å². The first-order chi connectivity index (χ1) is 8.84. The smallest absolute Gasteiger partial charge is 0.136 e. The highest BCUT2D eigenvalue weighted by molar-refractivity contribution is 5.54. The van der Waals surface area contributed by atoms with E-state index in [1.54, 1.807) is 0 Å². The lowest BCUT2D eigenvalue weighted by molar-refractivity contribution is 0.301. The molecule has 1 atom stereocenters. The summed E-state index contributed by atoms with van der Waals surface area (Å²) in [5.41, 5.74) is 4.51. The van der Waals surface area contributed by atoms with E-state index in [0.29, 0.717) is 0 Å². The van der Waals surface area contributed by atoms with Crippen LogP contribution in [-0.2, 0) is 13.0 Å². The van der Waals surface area contributed by atoms with E-state index in [4.69, 9.17) is 0 Å². The van der Waals surface area contributed by atoms with Crippen molar-refractivity contribution < 1.29 is 0 Å². The summed E-state index contributed by atoms with van der Waals surface area (Å²) >= 11 is 0. The molecule has 0 fully saturated rings. The average molecular weight is 238 g/mol. The second kappa shape index (κ2) is 4.58. The number of quaternary nitrogens is 1. The standard InChI is InChI=1S/C17H20N/c1-2-18(14-15-8-4-3-5-9-15)13-12-16-10-6-7-11-17(16)18/h3-11H,2,12-14H2,1H3/q+1. The van der Waals surface area contributed by atoms with Gasteiger partial charge in [-0.05, 0) is 13.0 Å². The monoisotopic (exact) mass is 238 g/mol. The number of nitrogens with zero attached hydrogens (tertiary/aromatic N) is 1. The maximum atomic E-state index is 2.31. The van der Waals surface area contributed by atoms with Crippen molar-refractivity contribution in [3.05, 3.63) is 65.7 Å². The van der Waals surface area contributed by atoms with Gasteiger partial charge in [0.2, 0.25) is 0 Å². The third-order valence-corrected chi connectivity index (χ3v) is 4.25. The molecular weight excluding hydrogens is 218 g/mol. The van der Waals surface area contributed by atoms with E-state index >= 15 is 0 Å². The molecule has 0 radical (unpaired) electrons. The van der Waals surface area contributed by atoms with Crippen molar-refractivity contribution in [1.29, 1.82) is 0 Å². The summed E-state index contributed by atoms with van der Waals surface area (Å²) in [6.45, 7) is 5.84. The first-order valence-corrected chi connectivity index (χ1v) is 6.82. The molecule has 0 aliphatic carbocycles. The van der Waals surface area contributed by atoms with Crippen molar-refractivity contribution in [3.8, 4) is 0 Å². The van der Waals surface area contributed by atoms with Crippen LogP contribution >= 0.6 is 0 Å². The Labute approximate surface area is 109 Å². The summed E-state index contributed by atoms with van der Waals surface area (Å²) in [5.74, 6) is 0. The van der Waals surface area contributed by atoms with Gasteiger partial charge in [0.1, 0.15) is 12.2 Å². The fourth-order valence-corrected chi connectivity index (χ4v) is 3.18. The zero-order valence-electron chi connectivity index (χ0n) is 11.0. The molecule has 0 aromatic heterocycles. The molecule has 0 N–H and O–H groups in total. The summed E-state index contributed by atoms with van der Waals surface area (Å²) < 4.78 is 1.11. The van der Waals surface area contributed by atoms with Gasteiger partial charge in [0.15, 0.2) is 0 Å². The zero-order chi connectivity index (χ0) is 12.4. The fourth-order valence-electron chi connectivity index (χ4n) is 3.18. The highest BCUT2D eigenvalue weighted by atomic mass is 15.4. The molecular formula is C17H20N+. The molecule has 0 saturated carbocycles. The van der Waals surface area contributed by atoms with Gasteiger partial charge in [-0.25, -0.2) is 0 Å². The van der Waals surface area contributed by atoms with E-state index in [0.717, 1.165) is 11.0 Å². The number of likely N-dealkylation sites (N-methyl/N-ethyl adjacent to an activating group) is 1. The minimum atomic E-state index is 1.11. The molecule has 2 aromatic carbocycles. The number of rotatable bonds is 3. The second-order valence-electron chi connectivity index (χ2n) is 5.21. The maximum Gasteiger partial charge on any atom is 0.136 e. The van der Waals surface area contributed by atoms with Crippen molar-refractivity contribution >= 4 is 5.69 Å². The fraction of sp³-hybridized carbons (Fsp3) is 0.294. The lowest BCUT2D eigenvalue weighted by Gasteiger charge is -2.33. The molecule has 18 heavy (non-hydrogen) atoms. The SMILES string of the molecule is CC[N+]1(Cc2ccccc2)CCc2ccccc21. The number of hydrogen-bond donors (Lipinski definition) is 0. The van der Waals surface area contributed by atoms with Crippen molar-refractivity contribution in [2.24, 2.45) is 0 Å². The minimum absolute atomic E-state index is 1.11. The van der Waals surface area contributed by atoms with Crippen LogP contribution in [0.3, 0.4) is 0 Å². The number of benzene rings is 2.